The maximum atomic E-state index is 12.6. The van der Waals surface area contributed by atoms with Crippen LogP contribution in [0.3, 0.4) is 0 Å². The first-order valence-electron chi connectivity index (χ1n) is 7.12. The highest BCUT2D eigenvalue weighted by molar-refractivity contribution is 7.13. The van der Waals surface area contributed by atoms with Crippen molar-refractivity contribution in [3.63, 3.8) is 0 Å². The number of ether oxygens (including phenoxy) is 1. The highest BCUT2D eigenvalue weighted by atomic mass is 32.1. The van der Waals surface area contributed by atoms with Gasteiger partial charge in [-0.15, -0.1) is 11.3 Å². The van der Waals surface area contributed by atoms with Gasteiger partial charge in [0.05, 0.1) is 12.7 Å². The van der Waals surface area contributed by atoms with Gasteiger partial charge in [-0.3, -0.25) is 4.79 Å². The summed E-state index contributed by atoms with van der Waals surface area (Å²) in [5, 5.41) is 2.55. The van der Waals surface area contributed by atoms with E-state index in [9.17, 15) is 4.79 Å². The largest absolute Gasteiger partial charge is 0.496 e. The number of methoxy groups -OCH3 is 1. The first kappa shape index (κ1) is 15.2. The number of aromatic nitrogens is 1. The zero-order chi connectivity index (χ0) is 16.2. The maximum Gasteiger partial charge on any atom is 0.277 e. The molecule has 1 amide bonds. The molecule has 2 aromatic carbocycles. The average molecular weight is 324 g/mol. The quantitative estimate of drug-likeness (QED) is 0.726. The molecule has 0 unspecified atom stereocenters. The number of hydrogen-bond donors (Lipinski definition) is 0. The van der Waals surface area contributed by atoms with Gasteiger partial charge in [0.1, 0.15) is 16.5 Å². The van der Waals surface area contributed by atoms with Crippen LogP contribution in [-0.4, -0.2) is 25.0 Å². The maximum absolute atomic E-state index is 12.6. The Morgan fingerprint density at radius 1 is 1.09 bits per heavy atom. The summed E-state index contributed by atoms with van der Waals surface area (Å²) < 4.78 is 5.36. The standard InChI is InChI=1S/C18H16N2O2S/c1-20(13-8-4-3-5-9-13)18(21)15-12-23-17(19-15)14-10-6-7-11-16(14)22-2/h3-12H,1-2H3. The Kier molecular flexibility index (Phi) is 4.39. The highest BCUT2D eigenvalue weighted by Gasteiger charge is 2.18. The van der Waals surface area contributed by atoms with E-state index in [1.54, 1.807) is 24.4 Å². The molecule has 0 aliphatic rings. The summed E-state index contributed by atoms with van der Waals surface area (Å²) in [5.74, 6) is 0.617. The van der Waals surface area contributed by atoms with E-state index in [2.05, 4.69) is 4.98 Å². The molecule has 0 bridgehead atoms. The number of amides is 1. The van der Waals surface area contributed by atoms with Crippen LogP contribution in [0.1, 0.15) is 10.5 Å². The molecule has 0 saturated carbocycles. The van der Waals surface area contributed by atoms with Crippen LogP contribution in [0.15, 0.2) is 60.0 Å². The van der Waals surface area contributed by atoms with E-state index in [-0.39, 0.29) is 5.91 Å². The fraction of sp³-hybridized carbons (Fsp3) is 0.111. The lowest BCUT2D eigenvalue weighted by molar-refractivity contribution is 0.0989. The Hall–Kier alpha value is -2.66. The van der Waals surface area contributed by atoms with Gasteiger partial charge in [0.15, 0.2) is 0 Å². The Morgan fingerprint density at radius 3 is 2.52 bits per heavy atom. The molecule has 0 saturated heterocycles. The molecule has 0 radical (unpaired) electrons. The van der Waals surface area contributed by atoms with Gasteiger partial charge in [0, 0.05) is 18.1 Å². The number of hydrogen-bond acceptors (Lipinski definition) is 4. The molecule has 0 aliphatic heterocycles. The van der Waals surface area contributed by atoms with Crippen molar-refractivity contribution in [3.8, 4) is 16.3 Å². The smallest absolute Gasteiger partial charge is 0.277 e. The second-order valence-corrected chi connectivity index (χ2v) is 5.80. The molecule has 0 aliphatic carbocycles. The van der Waals surface area contributed by atoms with E-state index >= 15 is 0 Å². The molecule has 1 heterocycles. The van der Waals surface area contributed by atoms with E-state index in [4.69, 9.17) is 4.74 Å². The SMILES string of the molecule is COc1ccccc1-c1nc(C(=O)N(C)c2ccccc2)cs1. The molecule has 0 spiro atoms. The van der Waals surface area contributed by atoms with Crippen LogP contribution in [0, 0.1) is 0 Å². The van der Waals surface area contributed by atoms with Crippen LogP contribution in [-0.2, 0) is 0 Å². The van der Waals surface area contributed by atoms with Gasteiger partial charge in [-0.1, -0.05) is 30.3 Å². The number of carbonyl (C=O) groups is 1. The van der Waals surface area contributed by atoms with Crippen LogP contribution >= 0.6 is 11.3 Å². The van der Waals surface area contributed by atoms with Crippen LogP contribution in [0.25, 0.3) is 10.6 Å². The number of benzene rings is 2. The molecule has 1 aromatic heterocycles. The van der Waals surface area contributed by atoms with Crippen molar-refractivity contribution in [1.82, 2.24) is 4.98 Å². The van der Waals surface area contributed by atoms with E-state index < -0.39 is 0 Å². The molecule has 116 valence electrons. The summed E-state index contributed by atoms with van der Waals surface area (Å²) in [5.41, 5.74) is 2.16. The van der Waals surface area contributed by atoms with E-state index in [1.807, 2.05) is 54.6 Å². The minimum atomic E-state index is -0.131. The van der Waals surface area contributed by atoms with Crippen molar-refractivity contribution in [1.29, 1.82) is 0 Å². The number of thiazole rings is 1. The molecule has 0 fully saturated rings. The normalized spacial score (nSPS) is 10.3. The van der Waals surface area contributed by atoms with Gasteiger partial charge in [-0.25, -0.2) is 4.98 Å². The molecule has 0 atom stereocenters. The minimum absolute atomic E-state index is 0.131. The first-order valence-corrected chi connectivity index (χ1v) is 8.00. The topological polar surface area (TPSA) is 42.4 Å². The molecular weight excluding hydrogens is 308 g/mol. The van der Waals surface area contributed by atoms with Gasteiger partial charge in [-0.2, -0.15) is 0 Å². The fourth-order valence-corrected chi connectivity index (χ4v) is 3.08. The molecule has 23 heavy (non-hydrogen) atoms. The number of para-hydroxylation sites is 2. The zero-order valence-electron chi connectivity index (χ0n) is 12.9. The van der Waals surface area contributed by atoms with E-state index in [0.717, 1.165) is 22.0 Å². The summed E-state index contributed by atoms with van der Waals surface area (Å²) in [6, 6.07) is 17.2. The lowest BCUT2D eigenvalue weighted by Gasteiger charge is -2.15. The Morgan fingerprint density at radius 2 is 1.78 bits per heavy atom. The number of anilines is 1. The third-order valence-electron chi connectivity index (χ3n) is 3.51. The van der Waals surface area contributed by atoms with Crippen molar-refractivity contribution in [2.45, 2.75) is 0 Å². The van der Waals surface area contributed by atoms with Crippen LogP contribution in [0.5, 0.6) is 5.75 Å². The summed E-state index contributed by atoms with van der Waals surface area (Å²) in [6.07, 6.45) is 0. The molecule has 3 rings (SSSR count). The van der Waals surface area contributed by atoms with Gasteiger partial charge in [0.2, 0.25) is 0 Å². The van der Waals surface area contributed by atoms with Gasteiger partial charge >= 0.3 is 0 Å². The second-order valence-electron chi connectivity index (χ2n) is 4.94. The second kappa shape index (κ2) is 6.62. The molecule has 0 N–H and O–H groups in total. The van der Waals surface area contributed by atoms with Crippen molar-refractivity contribution in [2.75, 3.05) is 19.1 Å². The molecular formula is C18H16N2O2S. The molecule has 5 heteroatoms. The highest BCUT2D eigenvalue weighted by Crippen LogP contribution is 2.32. The van der Waals surface area contributed by atoms with Crippen LogP contribution in [0.4, 0.5) is 5.69 Å². The van der Waals surface area contributed by atoms with E-state index in [1.165, 1.54) is 11.3 Å². The van der Waals surface area contributed by atoms with Crippen molar-refractivity contribution in [3.05, 3.63) is 65.7 Å². The summed E-state index contributed by atoms with van der Waals surface area (Å²) in [6.45, 7) is 0. The van der Waals surface area contributed by atoms with Crippen LogP contribution < -0.4 is 9.64 Å². The lowest BCUT2D eigenvalue weighted by atomic mass is 10.2. The third-order valence-corrected chi connectivity index (χ3v) is 4.38. The Balaban J connectivity index is 1.88. The van der Waals surface area contributed by atoms with Gasteiger partial charge < -0.3 is 9.64 Å². The van der Waals surface area contributed by atoms with Gasteiger partial charge in [0.25, 0.3) is 5.91 Å². The van der Waals surface area contributed by atoms with Crippen molar-refractivity contribution < 1.29 is 9.53 Å². The summed E-state index contributed by atoms with van der Waals surface area (Å²) in [7, 11) is 3.38. The van der Waals surface area contributed by atoms with Gasteiger partial charge in [-0.05, 0) is 24.3 Å². The van der Waals surface area contributed by atoms with E-state index in [0.29, 0.717) is 5.69 Å². The average Bonchev–Trinajstić information content (AvgIpc) is 3.11. The van der Waals surface area contributed by atoms with Crippen molar-refractivity contribution in [2.24, 2.45) is 0 Å². The summed E-state index contributed by atoms with van der Waals surface area (Å²) >= 11 is 1.43. The molecule has 3 aromatic rings. The molecule has 4 nitrogen and oxygen atoms in total. The number of rotatable bonds is 4. The van der Waals surface area contributed by atoms with Crippen molar-refractivity contribution >= 4 is 22.9 Å². The first-order chi connectivity index (χ1) is 11.2. The lowest BCUT2D eigenvalue weighted by Crippen LogP contribution is -2.26. The Bertz CT molecular complexity index is 815. The Labute approximate surface area is 139 Å². The number of nitrogens with zero attached hydrogens (tertiary/aromatic N) is 2. The zero-order valence-corrected chi connectivity index (χ0v) is 13.7. The fourth-order valence-electron chi connectivity index (χ4n) is 2.26. The monoisotopic (exact) mass is 324 g/mol. The number of carbonyl (C=O) groups excluding carboxylic acids is 1. The van der Waals surface area contributed by atoms with Crippen LogP contribution in [0.2, 0.25) is 0 Å². The summed E-state index contributed by atoms with van der Waals surface area (Å²) in [4.78, 5) is 18.7. The predicted octanol–water partition coefficient (Wildman–Crippen LogP) is 4.10. The third kappa shape index (κ3) is 3.10. The minimum Gasteiger partial charge on any atom is -0.496 e. The predicted molar refractivity (Wildman–Crippen MR) is 93.3 cm³/mol.